The Morgan fingerprint density at radius 1 is 1.16 bits per heavy atom. The van der Waals surface area contributed by atoms with Gasteiger partial charge in [0.15, 0.2) is 0 Å². The lowest BCUT2D eigenvalue weighted by Crippen LogP contribution is -2.17. The fraction of sp³-hybridized carbons (Fsp3) is 0.105. The van der Waals surface area contributed by atoms with E-state index in [0.29, 0.717) is 11.4 Å². The summed E-state index contributed by atoms with van der Waals surface area (Å²) in [7, 11) is 1.61. The molecule has 0 atom stereocenters. The summed E-state index contributed by atoms with van der Waals surface area (Å²) in [6.45, 7) is 2.02. The maximum atomic E-state index is 12.1. The van der Waals surface area contributed by atoms with Gasteiger partial charge in [0.25, 0.3) is 5.91 Å². The zero-order valence-electron chi connectivity index (χ0n) is 14.0. The molecule has 2 N–H and O–H groups in total. The number of hydrazone groups is 1. The number of ether oxygens (including phenoxy) is 1. The maximum Gasteiger partial charge on any atom is 0.289 e. The molecular formula is C19H18N4O2. The predicted molar refractivity (Wildman–Crippen MR) is 96.8 cm³/mol. The number of nitrogens with zero attached hydrogens (tertiary/aromatic N) is 2. The van der Waals surface area contributed by atoms with E-state index in [4.69, 9.17) is 4.74 Å². The van der Waals surface area contributed by atoms with Crippen molar-refractivity contribution in [2.45, 2.75) is 6.92 Å². The predicted octanol–water partition coefficient (Wildman–Crippen LogP) is 3.16. The first-order valence-corrected chi connectivity index (χ1v) is 7.75. The average Bonchev–Trinajstić information content (AvgIpc) is 3.13. The summed E-state index contributed by atoms with van der Waals surface area (Å²) in [4.78, 5) is 12.1. The summed E-state index contributed by atoms with van der Waals surface area (Å²) in [6.07, 6.45) is 1.56. The minimum atomic E-state index is -0.351. The van der Waals surface area contributed by atoms with Gasteiger partial charge >= 0.3 is 0 Å². The number of H-pyrrole nitrogens is 1. The molecule has 6 heteroatoms. The third kappa shape index (κ3) is 4.11. The van der Waals surface area contributed by atoms with Gasteiger partial charge < -0.3 is 4.74 Å². The molecule has 0 unspecified atom stereocenters. The summed E-state index contributed by atoms with van der Waals surface area (Å²) in [6, 6.07) is 17.0. The first kappa shape index (κ1) is 16.4. The van der Waals surface area contributed by atoms with Gasteiger partial charge in [-0.05, 0) is 42.8 Å². The summed E-state index contributed by atoms with van der Waals surface area (Å²) < 4.78 is 5.09. The molecule has 0 aliphatic heterocycles. The maximum absolute atomic E-state index is 12.1. The number of hydrogen-bond donors (Lipinski definition) is 2. The number of carbonyl (C=O) groups excluding carboxylic acids is 1. The van der Waals surface area contributed by atoms with E-state index < -0.39 is 0 Å². The van der Waals surface area contributed by atoms with Crippen molar-refractivity contribution in [3.8, 4) is 17.0 Å². The fourth-order valence-electron chi connectivity index (χ4n) is 2.23. The molecule has 6 nitrogen and oxygen atoms in total. The van der Waals surface area contributed by atoms with Gasteiger partial charge in [-0.15, -0.1) is 0 Å². The number of amides is 1. The molecule has 25 heavy (non-hydrogen) atoms. The highest BCUT2D eigenvalue weighted by atomic mass is 16.5. The van der Waals surface area contributed by atoms with Crippen LogP contribution in [0.5, 0.6) is 5.75 Å². The Morgan fingerprint density at radius 2 is 1.88 bits per heavy atom. The molecule has 0 saturated heterocycles. The molecule has 0 fully saturated rings. The third-order valence-electron chi connectivity index (χ3n) is 3.67. The summed E-state index contributed by atoms with van der Waals surface area (Å²) in [5.41, 5.74) is 6.51. The molecular weight excluding hydrogens is 316 g/mol. The van der Waals surface area contributed by atoms with E-state index >= 15 is 0 Å². The number of carbonyl (C=O) groups is 1. The first-order chi connectivity index (χ1) is 12.2. The van der Waals surface area contributed by atoms with Gasteiger partial charge in [-0.1, -0.05) is 29.8 Å². The molecule has 0 spiro atoms. The molecule has 3 aromatic rings. The summed E-state index contributed by atoms with van der Waals surface area (Å²) in [5, 5.41) is 10.9. The van der Waals surface area contributed by atoms with Crippen molar-refractivity contribution in [3.63, 3.8) is 0 Å². The largest absolute Gasteiger partial charge is 0.497 e. The Hall–Kier alpha value is -3.41. The van der Waals surface area contributed by atoms with Crippen LogP contribution in [0.3, 0.4) is 0 Å². The SMILES string of the molecule is COc1ccc(/C=N\NC(=O)c2cc(-c3ccc(C)cc3)n[nH]2)cc1. The average molecular weight is 334 g/mol. The highest BCUT2D eigenvalue weighted by molar-refractivity contribution is 5.94. The van der Waals surface area contributed by atoms with Gasteiger partial charge in [0.2, 0.25) is 0 Å². The van der Waals surface area contributed by atoms with Gasteiger partial charge in [0.05, 0.1) is 19.0 Å². The van der Waals surface area contributed by atoms with Gasteiger partial charge in [0, 0.05) is 5.56 Å². The van der Waals surface area contributed by atoms with Crippen LogP contribution < -0.4 is 10.2 Å². The standard InChI is InChI=1S/C19H18N4O2/c1-13-3-7-15(8-4-13)17-11-18(22-21-17)19(24)23-20-12-14-5-9-16(25-2)10-6-14/h3-12H,1-2H3,(H,21,22)(H,23,24)/b20-12-. The molecule has 0 aliphatic rings. The Kier molecular flexibility index (Phi) is 4.89. The second-order valence-corrected chi connectivity index (χ2v) is 5.51. The van der Waals surface area contributed by atoms with Crippen LogP contribution in [0.15, 0.2) is 59.7 Å². The van der Waals surface area contributed by atoms with E-state index in [0.717, 1.165) is 16.9 Å². The van der Waals surface area contributed by atoms with E-state index in [1.165, 1.54) is 5.56 Å². The quantitative estimate of drug-likeness (QED) is 0.556. The molecule has 0 radical (unpaired) electrons. The van der Waals surface area contributed by atoms with Crippen molar-refractivity contribution in [1.29, 1.82) is 0 Å². The Labute approximate surface area is 145 Å². The highest BCUT2D eigenvalue weighted by Gasteiger charge is 2.10. The van der Waals surface area contributed by atoms with E-state index in [2.05, 4.69) is 20.7 Å². The number of aromatic nitrogens is 2. The van der Waals surface area contributed by atoms with Gasteiger partial charge in [0.1, 0.15) is 11.4 Å². The second-order valence-electron chi connectivity index (χ2n) is 5.51. The van der Waals surface area contributed by atoms with Crippen LogP contribution in [0.1, 0.15) is 21.6 Å². The number of nitrogens with one attached hydrogen (secondary N) is 2. The van der Waals surface area contributed by atoms with Crippen LogP contribution in [0.4, 0.5) is 0 Å². The number of benzene rings is 2. The minimum absolute atomic E-state index is 0.349. The van der Waals surface area contributed by atoms with E-state index in [9.17, 15) is 4.79 Å². The molecule has 1 amide bonds. The lowest BCUT2D eigenvalue weighted by Gasteiger charge is -1.99. The van der Waals surface area contributed by atoms with Gasteiger partial charge in [-0.3, -0.25) is 9.89 Å². The van der Waals surface area contributed by atoms with Crippen LogP contribution in [-0.2, 0) is 0 Å². The van der Waals surface area contributed by atoms with E-state index in [1.54, 1.807) is 19.4 Å². The summed E-state index contributed by atoms with van der Waals surface area (Å²) >= 11 is 0. The van der Waals surface area contributed by atoms with Gasteiger partial charge in [-0.2, -0.15) is 10.2 Å². The molecule has 2 aromatic carbocycles. The lowest BCUT2D eigenvalue weighted by atomic mass is 10.1. The van der Waals surface area contributed by atoms with Crippen molar-refractivity contribution in [1.82, 2.24) is 15.6 Å². The van der Waals surface area contributed by atoms with Crippen molar-refractivity contribution < 1.29 is 9.53 Å². The molecule has 1 heterocycles. The molecule has 126 valence electrons. The van der Waals surface area contributed by atoms with Crippen LogP contribution >= 0.6 is 0 Å². The Bertz CT molecular complexity index is 881. The zero-order valence-corrected chi connectivity index (χ0v) is 14.0. The number of rotatable bonds is 5. The zero-order chi connectivity index (χ0) is 17.6. The molecule has 0 saturated carbocycles. The molecule has 3 rings (SSSR count). The fourth-order valence-corrected chi connectivity index (χ4v) is 2.23. The molecule has 1 aromatic heterocycles. The van der Waals surface area contributed by atoms with E-state index in [1.807, 2.05) is 55.5 Å². The monoisotopic (exact) mass is 334 g/mol. The Balaban J connectivity index is 1.63. The van der Waals surface area contributed by atoms with Crippen LogP contribution in [0.25, 0.3) is 11.3 Å². The topological polar surface area (TPSA) is 79.4 Å². The second kappa shape index (κ2) is 7.44. The van der Waals surface area contributed by atoms with Crippen LogP contribution in [-0.4, -0.2) is 29.4 Å². The molecule has 0 aliphatic carbocycles. The normalized spacial score (nSPS) is 10.8. The Morgan fingerprint density at radius 3 is 2.56 bits per heavy atom. The minimum Gasteiger partial charge on any atom is -0.497 e. The summed E-state index contributed by atoms with van der Waals surface area (Å²) in [5.74, 6) is 0.415. The number of methoxy groups -OCH3 is 1. The number of hydrogen-bond acceptors (Lipinski definition) is 4. The molecule has 0 bridgehead atoms. The highest BCUT2D eigenvalue weighted by Crippen LogP contribution is 2.18. The first-order valence-electron chi connectivity index (χ1n) is 7.75. The smallest absolute Gasteiger partial charge is 0.289 e. The van der Waals surface area contributed by atoms with Crippen molar-refractivity contribution >= 4 is 12.1 Å². The van der Waals surface area contributed by atoms with Crippen molar-refractivity contribution in [2.75, 3.05) is 7.11 Å². The van der Waals surface area contributed by atoms with Crippen molar-refractivity contribution in [2.24, 2.45) is 5.10 Å². The van der Waals surface area contributed by atoms with Gasteiger partial charge in [-0.25, -0.2) is 5.43 Å². The number of aryl methyl sites for hydroxylation is 1. The van der Waals surface area contributed by atoms with Crippen LogP contribution in [0.2, 0.25) is 0 Å². The van der Waals surface area contributed by atoms with Crippen molar-refractivity contribution in [3.05, 3.63) is 71.4 Å². The van der Waals surface area contributed by atoms with Crippen LogP contribution in [0, 0.1) is 6.92 Å². The number of aromatic amines is 1. The third-order valence-corrected chi connectivity index (χ3v) is 3.67. The lowest BCUT2D eigenvalue weighted by molar-refractivity contribution is 0.0950. The van der Waals surface area contributed by atoms with E-state index in [-0.39, 0.29) is 5.91 Å².